The van der Waals surface area contributed by atoms with E-state index in [9.17, 15) is 30.6 Å². The summed E-state index contributed by atoms with van der Waals surface area (Å²) in [5.41, 5.74) is 8.99. The minimum absolute atomic E-state index is 0.0107. The van der Waals surface area contributed by atoms with Gasteiger partial charge in [-0.3, -0.25) is 14.8 Å². The number of nitrogens with zero attached hydrogens (tertiary/aromatic N) is 4. The topological polar surface area (TPSA) is 200 Å². The van der Waals surface area contributed by atoms with Gasteiger partial charge in [0.25, 0.3) is 0 Å². The number of nitriles is 2. The van der Waals surface area contributed by atoms with Gasteiger partial charge in [0.15, 0.2) is 0 Å². The predicted molar refractivity (Wildman–Crippen MR) is 235 cm³/mol. The van der Waals surface area contributed by atoms with Crippen LogP contribution in [-0.4, -0.2) is 43.9 Å². The fourth-order valence-corrected chi connectivity index (χ4v) is 7.21. The first kappa shape index (κ1) is 45.8. The Labute approximate surface area is 374 Å². The summed E-state index contributed by atoms with van der Waals surface area (Å²) in [5.74, 6) is 0.387. The van der Waals surface area contributed by atoms with E-state index in [4.69, 9.17) is 42.1 Å². The van der Waals surface area contributed by atoms with Crippen LogP contribution in [0.15, 0.2) is 97.6 Å². The molecule has 6 rings (SSSR count). The number of aliphatic carboxylic acids is 1. The summed E-state index contributed by atoms with van der Waals surface area (Å²) in [6.45, 7) is 4.06. The van der Waals surface area contributed by atoms with E-state index in [1.54, 1.807) is 48.8 Å². The van der Waals surface area contributed by atoms with E-state index in [2.05, 4.69) is 27.4 Å². The zero-order valence-corrected chi connectivity index (χ0v) is 35.9. The zero-order chi connectivity index (χ0) is 44.9. The Bertz CT molecular complexity index is 2680. The monoisotopic (exact) mass is 887 g/mol. The molecule has 4 aromatic carbocycles. The quantitative estimate of drug-likeness (QED) is 0.0569. The van der Waals surface area contributed by atoms with Gasteiger partial charge in [-0.25, -0.2) is 0 Å². The number of pyridine rings is 2. The van der Waals surface area contributed by atoms with E-state index in [1.807, 2.05) is 50.2 Å². The molecule has 2 heterocycles. The summed E-state index contributed by atoms with van der Waals surface area (Å²) in [7, 11) is 0. The largest absolute Gasteiger partial charge is 0.488 e. The molecule has 13 nitrogen and oxygen atoms in total. The van der Waals surface area contributed by atoms with Gasteiger partial charge >= 0.3 is 5.97 Å². The van der Waals surface area contributed by atoms with Gasteiger partial charge in [-0.15, -0.1) is 0 Å². The number of hydrogen-bond acceptors (Lipinski definition) is 12. The van der Waals surface area contributed by atoms with Crippen molar-refractivity contribution in [1.29, 1.82) is 10.5 Å². The number of nitrogens with one attached hydrogen (secondary N) is 1. The van der Waals surface area contributed by atoms with Gasteiger partial charge < -0.3 is 39.6 Å². The molecule has 0 unspecified atom stereocenters. The Kier molecular flexibility index (Phi) is 15.9. The lowest BCUT2D eigenvalue weighted by Gasteiger charge is -2.19. The summed E-state index contributed by atoms with van der Waals surface area (Å²) in [5, 5.41) is 51.1. The third-order valence-corrected chi connectivity index (χ3v) is 10.8. The van der Waals surface area contributed by atoms with Gasteiger partial charge in [0.05, 0.1) is 27.8 Å². The number of aliphatic hydroxyl groups is 2. The van der Waals surface area contributed by atoms with Crippen LogP contribution in [0.25, 0.3) is 11.1 Å². The van der Waals surface area contributed by atoms with Crippen LogP contribution in [-0.2, 0) is 44.4 Å². The Balaban J connectivity index is 1.19. The van der Waals surface area contributed by atoms with Crippen molar-refractivity contribution in [2.45, 2.75) is 65.9 Å². The van der Waals surface area contributed by atoms with E-state index < -0.39 is 12.0 Å². The molecule has 0 saturated carbocycles. The van der Waals surface area contributed by atoms with Crippen molar-refractivity contribution in [3.8, 4) is 46.3 Å². The number of aliphatic hydroxyl groups excluding tert-OH is 2. The Morgan fingerprint density at radius 3 is 1.60 bits per heavy atom. The Morgan fingerprint density at radius 1 is 0.667 bits per heavy atom. The molecule has 0 aliphatic rings. The van der Waals surface area contributed by atoms with Crippen LogP contribution in [0.4, 0.5) is 0 Å². The molecule has 1 atom stereocenters. The molecule has 0 bridgehead atoms. The van der Waals surface area contributed by atoms with Crippen LogP contribution >= 0.6 is 23.2 Å². The lowest BCUT2D eigenvalue weighted by molar-refractivity contribution is -0.140. The summed E-state index contributed by atoms with van der Waals surface area (Å²) >= 11 is 13.4. The highest BCUT2D eigenvalue weighted by atomic mass is 35.5. The molecule has 0 amide bonds. The third-order valence-electron chi connectivity index (χ3n) is 10.2. The average molecular weight is 889 g/mol. The number of carbonyl (C=O) groups is 1. The number of carboxylic acid groups (broad SMARTS) is 1. The summed E-state index contributed by atoms with van der Waals surface area (Å²) in [6, 6.07) is 25.0. The molecule has 2 aromatic heterocycles. The van der Waals surface area contributed by atoms with Gasteiger partial charge in [0.1, 0.15) is 67.6 Å². The smallest absolute Gasteiger partial charge is 0.320 e. The zero-order valence-electron chi connectivity index (χ0n) is 34.4. The highest BCUT2D eigenvalue weighted by Crippen LogP contribution is 2.37. The second kappa shape index (κ2) is 21.9. The standard InChI is InChI=1S/C48H43Cl2N5O8/c1-29-35(27-62-46-15-44(60-25-33-11-31(17-51)19-53-21-33)37(13-41(46)49)23-55-43(9-10-56)48(58)59)5-3-7-39(29)40-8-4-6-36(30(40)2)28-63-47-16-45(38(24-57)14-42(47)50)61-26-34-12-32(18-52)20-54-22-34/h3-8,11-16,19-22,43,55-57H,9-10,23-28H2,1-2H3,(H,58,59)/t43-/m1/s1. The number of halogens is 2. The maximum Gasteiger partial charge on any atom is 0.320 e. The minimum atomic E-state index is -1.10. The number of benzene rings is 4. The number of hydrogen-bond donors (Lipinski definition) is 4. The van der Waals surface area contributed by atoms with Gasteiger partial charge in [-0.05, 0) is 77.9 Å². The lowest BCUT2D eigenvalue weighted by atomic mass is 9.92. The molecule has 15 heteroatoms. The van der Waals surface area contributed by atoms with Crippen LogP contribution in [0.3, 0.4) is 0 Å². The highest BCUT2D eigenvalue weighted by molar-refractivity contribution is 6.32. The first-order chi connectivity index (χ1) is 30.5. The first-order valence-electron chi connectivity index (χ1n) is 19.7. The fraction of sp³-hybridized carbons (Fsp3) is 0.229. The maximum absolute atomic E-state index is 11.8. The minimum Gasteiger partial charge on any atom is -0.488 e. The second-order valence-electron chi connectivity index (χ2n) is 14.4. The number of ether oxygens (including phenoxy) is 4. The Hall–Kier alpha value is -6.71. The normalized spacial score (nSPS) is 11.3. The van der Waals surface area contributed by atoms with Gasteiger partial charge in [-0.1, -0.05) is 59.6 Å². The summed E-state index contributed by atoms with van der Waals surface area (Å²) in [6.07, 6.45) is 6.13. The van der Waals surface area contributed by atoms with Gasteiger partial charge in [0, 0.05) is 72.3 Å². The van der Waals surface area contributed by atoms with E-state index in [1.165, 1.54) is 12.4 Å². The van der Waals surface area contributed by atoms with Crippen LogP contribution in [0.2, 0.25) is 10.0 Å². The SMILES string of the molecule is Cc1c(COc2cc(OCc3cncc(C#N)c3)c(CO)cc2Cl)cccc1-c1cccc(COc2cc(OCc3cncc(C#N)c3)c(CN[C@H](CCO)C(=O)O)cc2Cl)c1C. The van der Waals surface area contributed by atoms with Gasteiger partial charge in [-0.2, -0.15) is 10.5 Å². The second-order valence-corrected chi connectivity index (χ2v) is 15.3. The molecule has 0 fully saturated rings. The van der Waals surface area contributed by atoms with Crippen molar-refractivity contribution in [3.05, 3.63) is 163 Å². The van der Waals surface area contributed by atoms with Crippen molar-refractivity contribution in [2.75, 3.05) is 6.61 Å². The maximum atomic E-state index is 11.8. The molecule has 0 aliphatic heterocycles. The molecule has 0 radical (unpaired) electrons. The van der Waals surface area contributed by atoms with E-state index in [-0.39, 0.29) is 57.6 Å². The van der Waals surface area contributed by atoms with Crippen LogP contribution in [0.1, 0.15) is 62.1 Å². The van der Waals surface area contributed by atoms with Crippen molar-refractivity contribution in [3.63, 3.8) is 0 Å². The van der Waals surface area contributed by atoms with Gasteiger partial charge in [0.2, 0.25) is 0 Å². The first-order valence-corrected chi connectivity index (χ1v) is 20.5. The molecule has 0 spiro atoms. The molecule has 6 aromatic rings. The molecular formula is C48H43Cl2N5O8. The van der Waals surface area contributed by atoms with Crippen molar-refractivity contribution in [2.24, 2.45) is 0 Å². The average Bonchev–Trinajstić information content (AvgIpc) is 3.29. The summed E-state index contributed by atoms with van der Waals surface area (Å²) < 4.78 is 24.8. The van der Waals surface area contributed by atoms with E-state index in [0.29, 0.717) is 61.4 Å². The third kappa shape index (κ3) is 11.8. The Morgan fingerprint density at radius 2 is 1.14 bits per heavy atom. The number of aromatic nitrogens is 2. The van der Waals surface area contributed by atoms with Crippen LogP contribution in [0, 0.1) is 36.5 Å². The van der Waals surface area contributed by atoms with Crippen molar-refractivity contribution in [1.82, 2.24) is 15.3 Å². The van der Waals surface area contributed by atoms with Crippen molar-refractivity contribution < 1.29 is 39.1 Å². The molecule has 4 N–H and O–H groups in total. The molecule has 322 valence electrons. The molecule has 63 heavy (non-hydrogen) atoms. The number of rotatable bonds is 20. The highest BCUT2D eigenvalue weighted by Gasteiger charge is 2.20. The van der Waals surface area contributed by atoms with Crippen molar-refractivity contribution >= 4 is 29.2 Å². The fourth-order valence-electron chi connectivity index (χ4n) is 6.73. The predicted octanol–water partition coefficient (Wildman–Crippen LogP) is 8.54. The summed E-state index contributed by atoms with van der Waals surface area (Å²) in [4.78, 5) is 19.9. The molecular weight excluding hydrogens is 845 g/mol. The number of carboxylic acids is 1. The molecule has 0 aliphatic carbocycles. The van der Waals surface area contributed by atoms with Crippen LogP contribution < -0.4 is 24.3 Å². The lowest BCUT2D eigenvalue weighted by Crippen LogP contribution is -2.37. The molecule has 0 saturated heterocycles. The van der Waals surface area contributed by atoms with Crippen LogP contribution in [0.5, 0.6) is 23.0 Å². The van der Waals surface area contributed by atoms with E-state index in [0.717, 1.165) is 33.4 Å². The van der Waals surface area contributed by atoms with E-state index >= 15 is 0 Å².